The molecule has 0 spiro atoms. The van der Waals surface area contributed by atoms with Crippen molar-refractivity contribution in [2.45, 2.75) is 38.5 Å². The van der Waals surface area contributed by atoms with E-state index in [1.54, 1.807) is 4.90 Å². The Kier molecular flexibility index (Phi) is 6.92. The molecule has 2 atom stereocenters. The number of carbonyl (C=O) groups excluding carboxylic acids is 1. The van der Waals surface area contributed by atoms with Gasteiger partial charge in [0.25, 0.3) is 0 Å². The zero-order valence-electron chi connectivity index (χ0n) is 21.9. The number of nitrogens with zero attached hydrogens (tertiary/aromatic N) is 4. The monoisotopic (exact) mass is 510 g/mol. The molecule has 2 saturated heterocycles. The maximum Gasteiger partial charge on any atom is 0.410 e. The fraction of sp³-hybridized carbons (Fsp3) is 0.419. The van der Waals surface area contributed by atoms with Crippen molar-refractivity contribution in [3.8, 4) is 6.07 Å². The molecular weight excluding hydrogens is 476 g/mol. The topological polar surface area (TPSA) is 69.0 Å². The molecule has 3 aromatic carbocycles. The smallest absolute Gasteiger partial charge is 0.410 e. The first-order chi connectivity index (χ1) is 18.6. The standard InChI is InChI=1S/C31H34N4O3/c1-22-20-34(29-4-2-3-25-17-23(19-32)5-7-27(25)29)13-12-33(22)11-9-30-28-8-6-24(18-26(28)10-15-37-30)21-35-14-16-38-31(35)36/h2-8,17-18,22,30H,9-16,20-21H2,1H3/t22-,30+/m1/s1. The molecule has 0 bridgehead atoms. The molecule has 0 aliphatic carbocycles. The van der Waals surface area contributed by atoms with Crippen molar-refractivity contribution in [1.82, 2.24) is 9.80 Å². The molecular formula is C31H34N4O3. The van der Waals surface area contributed by atoms with Gasteiger partial charge in [0, 0.05) is 49.8 Å². The molecule has 3 aliphatic rings. The van der Waals surface area contributed by atoms with Crippen molar-refractivity contribution in [2.24, 2.45) is 0 Å². The number of hydrogen-bond donors (Lipinski definition) is 0. The van der Waals surface area contributed by atoms with Crippen LogP contribution >= 0.6 is 0 Å². The minimum atomic E-state index is -0.216. The number of carbonyl (C=O) groups is 1. The molecule has 3 heterocycles. The zero-order valence-corrected chi connectivity index (χ0v) is 21.9. The Morgan fingerprint density at radius 3 is 2.79 bits per heavy atom. The molecule has 0 aromatic heterocycles. The average molecular weight is 511 g/mol. The molecule has 38 heavy (non-hydrogen) atoms. The SMILES string of the molecule is C[C@@H]1CN(c2cccc3cc(C#N)ccc23)CCN1CC[C@@H]1OCCc2cc(CN3CCOC3=O)ccc21. The highest BCUT2D eigenvalue weighted by Gasteiger charge is 2.28. The third kappa shape index (κ3) is 4.94. The summed E-state index contributed by atoms with van der Waals surface area (Å²) < 4.78 is 11.3. The van der Waals surface area contributed by atoms with Gasteiger partial charge in [0.2, 0.25) is 0 Å². The maximum absolute atomic E-state index is 11.8. The molecule has 196 valence electrons. The Labute approximate surface area is 224 Å². The lowest BCUT2D eigenvalue weighted by molar-refractivity contribution is 0.0255. The Morgan fingerprint density at radius 1 is 1.05 bits per heavy atom. The van der Waals surface area contributed by atoms with Gasteiger partial charge in [-0.2, -0.15) is 5.26 Å². The van der Waals surface area contributed by atoms with Gasteiger partial charge in [0.15, 0.2) is 0 Å². The number of amides is 1. The highest BCUT2D eigenvalue weighted by Crippen LogP contribution is 2.33. The van der Waals surface area contributed by atoms with Crippen LogP contribution < -0.4 is 4.90 Å². The van der Waals surface area contributed by atoms with E-state index in [0.29, 0.717) is 31.3 Å². The molecule has 3 aliphatic heterocycles. The van der Waals surface area contributed by atoms with Gasteiger partial charge in [0.05, 0.1) is 30.9 Å². The van der Waals surface area contributed by atoms with Gasteiger partial charge in [0.1, 0.15) is 6.61 Å². The first-order valence-electron chi connectivity index (χ1n) is 13.7. The van der Waals surface area contributed by atoms with Crippen molar-refractivity contribution < 1.29 is 14.3 Å². The lowest BCUT2D eigenvalue weighted by Gasteiger charge is -2.42. The number of fused-ring (bicyclic) bond motifs is 2. The van der Waals surface area contributed by atoms with Crippen LogP contribution in [0, 0.1) is 11.3 Å². The summed E-state index contributed by atoms with van der Waals surface area (Å²) >= 11 is 0. The van der Waals surface area contributed by atoms with Crippen LogP contribution in [0.3, 0.4) is 0 Å². The van der Waals surface area contributed by atoms with Crippen LogP contribution in [0.15, 0.2) is 54.6 Å². The number of benzene rings is 3. The third-order valence-corrected chi connectivity index (χ3v) is 8.23. The fourth-order valence-electron chi connectivity index (χ4n) is 6.16. The number of rotatable bonds is 6. The zero-order chi connectivity index (χ0) is 26.1. The lowest BCUT2D eigenvalue weighted by Crippen LogP contribution is -2.52. The van der Waals surface area contributed by atoms with Crippen LogP contribution in [-0.4, -0.2) is 67.9 Å². The minimum absolute atomic E-state index is 0.113. The van der Waals surface area contributed by atoms with Gasteiger partial charge in [-0.25, -0.2) is 4.79 Å². The number of cyclic esters (lactones) is 1. The van der Waals surface area contributed by atoms with Gasteiger partial charge >= 0.3 is 6.09 Å². The van der Waals surface area contributed by atoms with Crippen molar-refractivity contribution in [2.75, 3.05) is 50.8 Å². The summed E-state index contributed by atoms with van der Waals surface area (Å²) in [6.07, 6.45) is 1.79. The number of ether oxygens (including phenoxy) is 2. The Hall–Kier alpha value is -3.60. The largest absolute Gasteiger partial charge is 0.448 e. The molecule has 0 N–H and O–H groups in total. The van der Waals surface area contributed by atoms with Crippen molar-refractivity contribution in [3.63, 3.8) is 0 Å². The quantitative estimate of drug-likeness (QED) is 0.471. The van der Waals surface area contributed by atoms with Gasteiger partial charge in [-0.05, 0) is 60.0 Å². The normalized spacial score (nSPS) is 21.8. The summed E-state index contributed by atoms with van der Waals surface area (Å²) in [5, 5.41) is 11.6. The van der Waals surface area contributed by atoms with Crippen LogP contribution in [0.4, 0.5) is 10.5 Å². The third-order valence-electron chi connectivity index (χ3n) is 8.23. The van der Waals surface area contributed by atoms with Crippen LogP contribution in [0.2, 0.25) is 0 Å². The van der Waals surface area contributed by atoms with Crippen LogP contribution in [0.25, 0.3) is 10.8 Å². The molecule has 3 aromatic rings. The first kappa shape index (κ1) is 24.7. The highest BCUT2D eigenvalue weighted by molar-refractivity contribution is 5.95. The molecule has 0 unspecified atom stereocenters. The van der Waals surface area contributed by atoms with Crippen molar-refractivity contribution >= 4 is 22.6 Å². The molecule has 2 fully saturated rings. The van der Waals surface area contributed by atoms with Crippen LogP contribution in [0.5, 0.6) is 0 Å². The summed E-state index contributed by atoms with van der Waals surface area (Å²) in [5.74, 6) is 0. The van der Waals surface area contributed by atoms with E-state index >= 15 is 0 Å². The molecule has 1 amide bonds. The predicted octanol–water partition coefficient (Wildman–Crippen LogP) is 4.88. The van der Waals surface area contributed by atoms with Gasteiger partial charge in [-0.3, -0.25) is 4.90 Å². The lowest BCUT2D eigenvalue weighted by atomic mass is 9.93. The second kappa shape index (κ2) is 10.6. The molecule has 7 nitrogen and oxygen atoms in total. The van der Waals surface area contributed by atoms with E-state index < -0.39 is 0 Å². The molecule has 7 heteroatoms. The van der Waals surface area contributed by atoms with E-state index in [2.05, 4.69) is 65.3 Å². The second-order valence-corrected chi connectivity index (χ2v) is 10.6. The molecule has 6 rings (SSSR count). The van der Waals surface area contributed by atoms with Crippen molar-refractivity contribution in [3.05, 3.63) is 76.9 Å². The van der Waals surface area contributed by atoms with E-state index in [4.69, 9.17) is 9.47 Å². The van der Waals surface area contributed by atoms with Crippen LogP contribution in [-0.2, 0) is 22.4 Å². The molecule has 0 saturated carbocycles. The first-order valence-corrected chi connectivity index (χ1v) is 13.7. The van der Waals surface area contributed by atoms with Crippen molar-refractivity contribution in [1.29, 1.82) is 5.26 Å². The number of hydrogen-bond acceptors (Lipinski definition) is 6. The van der Waals surface area contributed by atoms with Gasteiger partial charge in [-0.1, -0.05) is 36.4 Å². The van der Waals surface area contributed by atoms with E-state index in [0.717, 1.165) is 56.6 Å². The predicted molar refractivity (Wildman–Crippen MR) is 147 cm³/mol. The maximum atomic E-state index is 11.8. The van der Waals surface area contributed by atoms with E-state index in [-0.39, 0.29) is 12.2 Å². The minimum Gasteiger partial charge on any atom is -0.448 e. The fourth-order valence-corrected chi connectivity index (χ4v) is 6.16. The average Bonchev–Trinajstić information content (AvgIpc) is 3.35. The summed E-state index contributed by atoms with van der Waals surface area (Å²) in [6.45, 7) is 8.78. The van der Waals surface area contributed by atoms with E-state index in [9.17, 15) is 10.1 Å². The summed E-state index contributed by atoms with van der Waals surface area (Å²) in [5.41, 5.74) is 5.75. The number of anilines is 1. The van der Waals surface area contributed by atoms with E-state index in [1.807, 2.05) is 12.1 Å². The number of piperazine rings is 1. The molecule has 0 radical (unpaired) electrons. The Bertz CT molecular complexity index is 1380. The second-order valence-electron chi connectivity index (χ2n) is 10.6. The van der Waals surface area contributed by atoms with Crippen LogP contribution in [0.1, 0.15) is 41.7 Å². The summed E-state index contributed by atoms with van der Waals surface area (Å²) in [7, 11) is 0. The summed E-state index contributed by atoms with van der Waals surface area (Å²) in [4.78, 5) is 18.7. The Morgan fingerprint density at radius 2 is 1.97 bits per heavy atom. The number of nitriles is 1. The summed E-state index contributed by atoms with van der Waals surface area (Å²) in [6, 6.07) is 21.6. The van der Waals surface area contributed by atoms with E-state index in [1.165, 1.54) is 22.2 Å². The Balaban J connectivity index is 1.08. The van der Waals surface area contributed by atoms with Gasteiger partial charge < -0.3 is 19.3 Å². The highest BCUT2D eigenvalue weighted by atomic mass is 16.6. The van der Waals surface area contributed by atoms with Gasteiger partial charge in [-0.15, -0.1) is 0 Å².